The maximum Gasteiger partial charge on any atom is 0.0556 e. The highest BCUT2D eigenvalue weighted by atomic mass is 16.3. The molecular formula is C9H20N2O. The van der Waals surface area contributed by atoms with Crippen LogP contribution >= 0.6 is 0 Å². The van der Waals surface area contributed by atoms with Gasteiger partial charge in [0.25, 0.3) is 0 Å². The van der Waals surface area contributed by atoms with E-state index in [-0.39, 0.29) is 6.61 Å². The lowest BCUT2D eigenvalue weighted by Crippen LogP contribution is -2.36. The Morgan fingerprint density at radius 2 is 2.33 bits per heavy atom. The molecule has 0 saturated carbocycles. The number of rotatable bonds is 4. The van der Waals surface area contributed by atoms with Crippen LogP contribution in [0.4, 0.5) is 0 Å². The van der Waals surface area contributed by atoms with Crippen molar-refractivity contribution in [1.82, 2.24) is 10.2 Å². The lowest BCUT2D eigenvalue weighted by atomic mass is 10.2. The van der Waals surface area contributed by atoms with Gasteiger partial charge in [0.2, 0.25) is 0 Å². The van der Waals surface area contributed by atoms with Gasteiger partial charge >= 0.3 is 0 Å². The summed E-state index contributed by atoms with van der Waals surface area (Å²) in [7, 11) is 0. The summed E-state index contributed by atoms with van der Waals surface area (Å²) in [4.78, 5) is 2.47. The number of nitrogens with one attached hydrogen (secondary N) is 1. The second kappa shape index (κ2) is 4.80. The first kappa shape index (κ1) is 9.96. The Balaban J connectivity index is 2.17. The van der Waals surface area contributed by atoms with Crippen molar-refractivity contribution in [2.24, 2.45) is 0 Å². The van der Waals surface area contributed by atoms with E-state index in [0.29, 0.717) is 12.1 Å². The molecule has 72 valence electrons. The van der Waals surface area contributed by atoms with Crippen molar-refractivity contribution < 1.29 is 5.11 Å². The molecule has 0 aromatic carbocycles. The van der Waals surface area contributed by atoms with E-state index in [1.54, 1.807) is 0 Å². The number of aliphatic hydroxyl groups excluding tert-OH is 1. The molecule has 1 rings (SSSR count). The standard InChI is InChI=1S/C9H20N2O/c1-8(2)11-5-3-9(7-11)10-4-6-12/h8-10,12H,3-7H2,1-2H3. The van der Waals surface area contributed by atoms with E-state index in [4.69, 9.17) is 5.11 Å². The Hall–Kier alpha value is -0.120. The van der Waals surface area contributed by atoms with Crippen molar-refractivity contribution in [3.63, 3.8) is 0 Å². The van der Waals surface area contributed by atoms with Crippen LogP contribution in [0.1, 0.15) is 20.3 Å². The molecular weight excluding hydrogens is 152 g/mol. The van der Waals surface area contributed by atoms with Gasteiger partial charge in [-0.15, -0.1) is 0 Å². The highest BCUT2D eigenvalue weighted by Crippen LogP contribution is 2.11. The van der Waals surface area contributed by atoms with Gasteiger partial charge in [0.1, 0.15) is 0 Å². The largest absolute Gasteiger partial charge is 0.395 e. The lowest BCUT2D eigenvalue weighted by Gasteiger charge is -2.20. The van der Waals surface area contributed by atoms with Gasteiger partial charge in [0.15, 0.2) is 0 Å². The predicted molar refractivity (Wildman–Crippen MR) is 50.2 cm³/mol. The normalized spacial score (nSPS) is 25.5. The molecule has 0 aliphatic carbocycles. The van der Waals surface area contributed by atoms with Crippen LogP contribution in [-0.4, -0.2) is 48.3 Å². The molecule has 3 nitrogen and oxygen atoms in total. The topological polar surface area (TPSA) is 35.5 Å². The van der Waals surface area contributed by atoms with E-state index >= 15 is 0 Å². The maximum atomic E-state index is 8.63. The van der Waals surface area contributed by atoms with Crippen LogP contribution in [0.15, 0.2) is 0 Å². The molecule has 1 atom stereocenters. The average Bonchev–Trinajstić information content (AvgIpc) is 2.48. The molecule has 0 aromatic rings. The van der Waals surface area contributed by atoms with Crippen molar-refractivity contribution in [1.29, 1.82) is 0 Å². The third-order valence-electron chi connectivity index (χ3n) is 2.49. The van der Waals surface area contributed by atoms with Gasteiger partial charge in [-0.2, -0.15) is 0 Å². The summed E-state index contributed by atoms with van der Waals surface area (Å²) in [6.45, 7) is 7.77. The van der Waals surface area contributed by atoms with Crippen molar-refractivity contribution in [3.05, 3.63) is 0 Å². The summed E-state index contributed by atoms with van der Waals surface area (Å²) in [6, 6.07) is 1.26. The summed E-state index contributed by atoms with van der Waals surface area (Å²) in [5, 5.41) is 12.0. The van der Waals surface area contributed by atoms with E-state index in [1.165, 1.54) is 13.0 Å². The minimum absolute atomic E-state index is 0.248. The Morgan fingerprint density at radius 3 is 2.83 bits per heavy atom. The summed E-state index contributed by atoms with van der Waals surface area (Å²) < 4.78 is 0. The third-order valence-corrected chi connectivity index (χ3v) is 2.49. The van der Waals surface area contributed by atoms with Crippen LogP contribution in [0.3, 0.4) is 0 Å². The molecule has 1 fully saturated rings. The number of hydrogen-bond acceptors (Lipinski definition) is 3. The van der Waals surface area contributed by atoms with Crippen LogP contribution in [0.2, 0.25) is 0 Å². The Kier molecular flexibility index (Phi) is 3.98. The van der Waals surface area contributed by atoms with Crippen LogP contribution < -0.4 is 5.32 Å². The fourth-order valence-electron chi connectivity index (χ4n) is 1.69. The molecule has 1 heterocycles. The van der Waals surface area contributed by atoms with Crippen LogP contribution in [0.5, 0.6) is 0 Å². The van der Waals surface area contributed by atoms with Gasteiger partial charge in [0.05, 0.1) is 6.61 Å². The summed E-state index contributed by atoms with van der Waals surface area (Å²) >= 11 is 0. The Labute approximate surface area is 74.8 Å². The monoisotopic (exact) mass is 172 g/mol. The van der Waals surface area contributed by atoms with Gasteiger partial charge in [-0.05, 0) is 26.8 Å². The minimum atomic E-state index is 0.248. The predicted octanol–water partition coefficient (Wildman–Crippen LogP) is 0.0510. The van der Waals surface area contributed by atoms with Gasteiger partial charge in [-0.3, -0.25) is 4.90 Å². The number of hydrogen-bond donors (Lipinski definition) is 2. The van der Waals surface area contributed by atoms with E-state index in [2.05, 4.69) is 24.1 Å². The Morgan fingerprint density at radius 1 is 1.58 bits per heavy atom. The van der Waals surface area contributed by atoms with Crippen LogP contribution in [0, 0.1) is 0 Å². The van der Waals surface area contributed by atoms with Crippen LogP contribution in [-0.2, 0) is 0 Å². The van der Waals surface area contributed by atoms with Gasteiger partial charge < -0.3 is 10.4 Å². The fraction of sp³-hybridized carbons (Fsp3) is 1.00. The molecule has 0 aromatic heterocycles. The van der Waals surface area contributed by atoms with Gasteiger partial charge in [-0.25, -0.2) is 0 Å². The molecule has 0 radical (unpaired) electrons. The summed E-state index contributed by atoms with van der Waals surface area (Å²) in [5.41, 5.74) is 0. The Bertz CT molecular complexity index is 128. The molecule has 1 aliphatic rings. The summed E-state index contributed by atoms with van der Waals surface area (Å²) in [6.07, 6.45) is 1.22. The maximum absolute atomic E-state index is 8.63. The van der Waals surface area contributed by atoms with E-state index in [9.17, 15) is 0 Å². The second-order valence-corrected chi connectivity index (χ2v) is 3.75. The zero-order chi connectivity index (χ0) is 8.97. The molecule has 0 bridgehead atoms. The minimum Gasteiger partial charge on any atom is -0.395 e. The molecule has 3 heteroatoms. The second-order valence-electron chi connectivity index (χ2n) is 3.75. The van der Waals surface area contributed by atoms with Gasteiger partial charge in [0, 0.05) is 25.2 Å². The van der Waals surface area contributed by atoms with Crippen molar-refractivity contribution in [3.8, 4) is 0 Å². The molecule has 0 amide bonds. The van der Waals surface area contributed by atoms with E-state index < -0.39 is 0 Å². The molecule has 2 N–H and O–H groups in total. The van der Waals surface area contributed by atoms with Crippen molar-refractivity contribution in [2.45, 2.75) is 32.4 Å². The lowest BCUT2D eigenvalue weighted by molar-refractivity contribution is 0.259. The summed E-state index contributed by atoms with van der Waals surface area (Å²) in [5.74, 6) is 0. The first-order valence-electron chi connectivity index (χ1n) is 4.82. The van der Waals surface area contributed by atoms with Crippen molar-refractivity contribution >= 4 is 0 Å². The zero-order valence-corrected chi connectivity index (χ0v) is 8.08. The molecule has 0 spiro atoms. The quantitative estimate of drug-likeness (QED) is 0.629. The number of nitrogens with zero attached hydrogens (tertiary/aromatic N) is 1. The third kappa shape index (κ3) is 2.73. The highest BCUT2D eigenvalue weighted by molar-refractivity contribution is 4.82. The molecule has 1 saturated heterocycles. The fourth-order valence-corrected chi connectivity index (χ4v) is 1.69. The SMILES string of the molecule is CC(C)N1CCC(NCCO)C1. The van der Waals surface area contributed by atoms with E-state index in [0.717, 1.165) is 13.1 Å². The first-order valence-corrected chi connectivity index (χ1v) is 4.82. The van der Waals surface area contributed by atoms with Gasteiger partial charge in [-0.1, -0.05) is 0 Å². The highest BCUT2D eigenvalue weighted by Gasteiger charge is 2.22. The number of likely N-dealkylation sites (tertiary alicyclic amines) is 1. The van der Waals surface area contributed by atoms with E-state index in [1.807, 2.05) is 0 Å². The smallest absolute Gasteiger partial charge is 0.0556 e. The molecule has 1 unspecified atom stereocenters. The van der Waals surface area contributed by atoms with Crippen LogP contribution in [0.25, 0.3) is 0 Å². The molecule has 1 aliphatic heterocycles. The average molecular weight is 172 g/mol. The van der Waals surface area contributed by atoms with Crippen molar-refractivity contribution in [2.75, 3.05) is 26.2 Å². The zero-order valence-electron chi connectivity index (χ0n) is 8.08. The first-order chi connectivity index (χ1) is 5.74. The molecule has 12 heavy (non-hydrogen) atoms. The number of aliphatic hydroxyl groups is 1.